The largest absolute Gasteiger partial charge is 1.00 e. The van der Waals surface area contributed by atoms with Crippen LogP contribution in [0.15, 0.2) is 46.2 Å². The second-order valence-electron chi connectivity index (χ2n) is 4.98. The SMILES string of the molecule is O=C1c2ccc(S(=O)(=O)[O-])cc2C(=O)c2ccc(S(=O)(=O)[O-])cc21.[Cs+].[Cs+]. The van der Waals surface area contributed by atoms with Crippen molar-refractivity contribution in [1.82, 2.24) is 0 Å². The predicted octanol–water partition coefficient (Wildman–Crippen LogP) is -5.72. The van der Waals surface area contributed by atoms with Gasteiger partial charge in [0.05, 0.1) is 9.79 Å². The van der Waals surface area contributed by atoms with Crippen LogP contribution in [0.2, 0.25) is 0 Å². The summed E-state index contributed by atoms with van der Waals surface area (Å²) in [6, 6.07) is 5.37. The third kappa shape index (κ3) is 5.06. The summed E-state index contributed by atoms with van der Waals surface area (Å²) in [5, 5.41) is 0. The van der Waals surface area contributed by atoms with Crippen molar-refractivity contribution < 1.29 is 173 Å². The summed E-state index contributed by atoms with van der Waals surface area (Å²) >= 11 is 0. The molecule has 124 valence electrons. The fraction of sp³-hybridized carbons (Fsp3) is 0. The van der Waals surface area contributed by atoms with Crippen LogP contribution < -0.4 is 138 Å². The average Bonchev–Trinajstić information content (AvgIpc) is 2.49. The van der Waals surface area contributed by atoms with Crippen molar-refractivity contribution in [2.24, 2.45) is 0 Å². The molecule has 3 rings (SSSR count). The standard InChI is InChI=1S/C14H8O8S2.2Cs/c15-13-9-3-1-7(23(17,18)19)5-11(9)14(16)10-4-2-8(6-12(10)13)24(20,21)22;;/h1-6H,(H,17,18,19)(H,20,21,22);;/q;2*+1/p-2. The van der Waals surface area contributed by atoms with E-state index < -0.39 is 41.6 Å². The summed E-state index contributed by atoms with van der Waals surface area (Å²) in [4.78, 5) is 23.5. The molecule has 1 aliphatic rings. The Hall–Kier alpha value is 1.70. The van der Waals surface area contributed by atoms with E-state index in [1.165, 1.54) is 0 Å². The summed E-state index contributed by atoms with van der Waals surface area (Å²) in [5.74, 6) is -1.50. The number of fused-ring (bicyclic) bond motifs is 2. The van der Waals surface area contributed by atoms with Crippen LogP contribution in [0.1, 0.15) is 31.8 Å². The van der Waals surface area contributed by atoms with Crippen molar-refractivity contribution in [2.45, 2.75) is 9.79 Å². The minimum absolute atomic E-state index is 0. The topological polar surface area (TPSA) is 149 Å². The first-order valence-electron chi connectivity index (χ1n) is 6.29. The summed E-state index contributed by atoms with van der Waals surface area (Å²) in [7, 11) is -9.63. The van der Waals surface area contributed by atoms with E-state index in [2.05, 4.69) is 0 Å². The first-order chi connectivity index (χ1) is 11.0. The fourth-order valence-electron chi connectivity index (χ4n) is 2.42. The van der Waals surface area contributed by atoms with Crippen molar-refractivity contribution in [3.63, 3.8) is 0 Å². The third-order valence-corrected chi connectivity index (χ3v) is 5.20. The maximum atomic E-state index is 12.4. The van der Waals surface area contributed by atoms with Crippen LogP contribution in [0.3, 0.4) is 0 Å². The van der Waals surface area contributed by atoms with Crippen molar-refractivity contribution in [3.05, 3.63) is 58.7 Å². The molecular weight excluding hydrogens is 626 g/mol. The summed E-state index contributed by atoms with van der Waals surface area (Å²) in [6.07, 6.45) is 0. The molecule has 0 N–H and O–H groups in total. The summed E-state index contributed by atoms with van der Waals surface area (Å²) < 4.78 is 66.3. The van der Waals surface area contributed by atoms with Gasteiger partial charge in [0.1, 0.15) is 20.2 Å². The molecule has 0 saturated carbocycles. The molecule has 0 fully saturated rings. The molecule has 0 unspecified atom stereocenters. The van der Waals surface area contributed by atoms with E-state index in [4.69, 9.17) is 0 Å². The van der Waals surface area contributed by atoms with E-state index in [-0.39, 0.29) is 160 Å². The van der Waals surface area contributed by atoms with Gasteiger partial charge in [-0.1, -0.05) is 0 Å². The van der Waals surface area contributed by atoms with Crippen molar-refractivity contribution in [2.75, 3.05) is 0 Å². The zero-order valence-corrected chi connectivity index (χ0v) is 27.7. The molecule has 0 radical (unpaired) electrons. The van der Waals surface area contributed by atoms with E-state index in [1.807, 2.05) is 0 Å². The van der Waals surface area contributed by atoms with Crippen LogP contribution in [0.25, 0.3) is 0 Å². The van der Waals surface area contributed by atoms with Crippen molar-refractivity contribution >= 4 is 31.8 Å². The average molecular weight is 632 g/mol. The van der Waals surface area contributed by atoms with E-state index in [1.54, 1.807) is 0 Å². The summed E-state index contributed by atoms with van der Waals surface area (Å²) in [5.41, 5.74) is -0.912. The second-order valence-corrected chi connectivity index (χ2v) is 7.74. The van der Waals surface area contributed by atoms with Gasteiger partial charge in [-0.25, -0.2) is 16.8 Å². The first kappa shape index (κ1) is 25.7. The zero-order valence-electron chi connectivity index (χ0n) is 13.5. The molecule has 1 aliphatic carbocycles. The van der Waals surface area contributed by atoms with Gasteiger partial charge in [0.15, 0.2) is 11.6 Å². The number of carbonyl (C=O) groups excluding carboxylic acids is 2. The Morgan fingerprint density at radius 3 is 1.15 bits per heavy atom. The number of benzene rings is 2. The molecule has 8 nitrogen and oxygen atoms in total. The molecule has 2 aromatic rings. The number of rotatable bonds is 2. The second kappa shape index (κ2) is 9.24. The van der Waals surface area contributed by atoms with Crippen LogP contribution in [0, 0.1) is 0 Å². The van der Waals surface area contributed by atoms with E-state index in [0.717, 1.165) is 36.4 Å². The zero-order chi connectivity index (χ0) is 17.9. The van der Waals surface area contributed by atoms with Gasteiger partial charge in [-0.05, 0) is 36.4 Å². The molecule has 26 heavy (non-hydrogen) atoms. The van der Waals surface area contributed by atoms with Gasteiger partial charge >= 0.3 is 138 Å². The normalized spacial score (nSPS) is 13.2. The smallest absolute Gasteiger partial charge is 0.744 e. The monoisotopic (exact) mass is 632 g/mol. The molecule has 0 atom stereocenters. The molecule has 0 amide bonds. The van der Waals surface area contributed by atoms with Gasteiger partial charge in [-0.15, -0.1) is 0 Å². The van der Waals surface area contributed by atoms with Gasteiger partial charge in [0.2, 0.25) is 0 Å². The Morgan fingerprint density at radius 1 is 0.577 bits per heavy atom. The molecule has 0 saturated heterocycles. The maximum absolute atomic E-state index is 12.4. The van der Waals surface area contributed by atoms with Crippen LogP contribution in [0.4, 0.5) is 0 Å². The molecular formula is C14H6Cs2O8S2. The molecule has 0 heterocycles. The number of hydrogen-bond donors (Lipinski definition) is 0. The minimum Gasteiger partial charge on any atom is -0.744 e. The van der Waals surface area contributed by atoms with Crippen LogP contribution >= 0.6 is 0 Å². The fourth-order valence-corrected chi connectivity index (χ4v) is 3.41. The van der Waals surface area contributed by atoms with E-state index in [0.29, 0.717) is 0 Å². The molecule has 12 heteroatoms. The van der Waals surface area contributed by atoms with Gasteiger partial charge in [0, 0.05) is 22.3 Å². The maximum Gasteiger partial charge on any atom is 1.00 e. The molecule has 0 spiro atoms. The number of hydrogen-bond acceptors (Lipinski definition) is 8. The predicted molar refractivity (Wildman–Crippen MR) is 75.7 cm³/mol. The Balaban J connectivity index is 0.00000169. The van der Waals surface area contributed by atoms with Gasteiger partial charge in [-0.3, -0.25) is 9.59 Å². The third-order valence-electron chi connectivity index (χ3n) is 3.54. The van der Waals surface area contributed by atoms with Crippen LogP contribution in [-0.2, 0) is 20.2 Å². The Bertz CT molecular complexity index is 1050. The number of carbonyl (C=O) groups is 2. The van der Waals surface area contributed by atoms with Crippen LogP contribution in [-0.4, -0.2) is 37.5 Å². The Morgan fingerprint density at radius 2 is 0.885 bits per heavy atom. The van der Waals surface area contributed by atoms with Crippen molar-refractivity contribution in [1.29, 1.82) is 0 Å². The Labute approximate surface area is 266 Å². The molecule has 0 aliphatic heterocycles. The molecule has 0 aromatic heterocycles. The quantitative estimate of drug-likeness (QED) is 0.254. The number of ketones is 2. The van der Waals surface area contributed by atoms with Gasteiger partial charge in [-0.2, -0.15) is 0 Å². The van der Waals surface area contributed by atoms with E-state index >= 15 is 0 Å². The Kier molecular flexibility index (Phi) is 9.14. The first-order valence-corrected chi connectivity index (χ1v) is 9.11. The molecule has 2 aromatic carbocycles. The van der Waals surface area contributed by atoms with Gasteiger partial charge < -0.3 is 9.11 Å². The summed E-state index contributed by atoms with van der Waals surface area (Å²) in [6.45, 7) is 0. The van der Waals surface area contributed by atoms with E-state index in [9.17, 15) is 35.5 Å². The van der Waals surface area contributed by atoms with Gasteiger partial charge in [0.25, 0.3) is 0 Å². The van der Waals surface area contributed by atoms with Crippen LogP contribution in [0.5, 0.6) is 0 Å². The molecule has 0 bridgehead atoms. The minimum atomic E-state index is -4.81. The van der Waals surface area contributed by atoms with Crippen molar-refractivity contribution in [3.8, 4) is 0 Å².